The fraction of sp³-hybridized carbons (Fsp3) is 0.632. The highest BCUT2D eigenvalue weighted by Gasteiger charge is 2.34. The lowest BCUT2D eigenvalue weighted by Crippen LogP contribution is -2.44. The smallest absolute Gasteiger partial charge is 0.0523 e. The average Bonchev–Trinajstić information content (AvgIpc) is 3.49. The topological polar surface area (TPSA) is 53.3 Å². The van der Waals surface area contributed by atoms with E-state index >= 15 is 0 Å². The summed E-state index contributed by atoms with van der Waals surface area (Å²) >= 11 is 3.53. The number of nitrogens with zero attached hydrogens (tertiary/aromatic N) is 1. The maximum absolute atomic E-state index is 5.59. The zero-order chi connectivity index (χ0) is 32.6. The van der Waals surface area contributed by atoms with E-state index in [0.717, 1.165) is 24.6 Å². The first-order valence-electron chi connectivity index (χ1n) is 16.7. The number of anilines is 1. The van der Waals surface area contributed by atoms with Gasteiger partial charge in [-0.25, -0.2) is 5.43 Å². The Morgan fingerprint density at radius 1 is 0.977 bits per heavy atom. The van der Waals surface area contributed by atoms with Crippen molar-refractivity contribution >= 4 is 18.3 Å². The van der Waals surface area contributed by atoms with Crippen molar-refractivity contribution in [2.45, 2.75) is 132 Å². The molecule has 0 aliphatic carbocycles. The van der Waals surface area contributed by atoms with Gasteiger partial charge in [-0.2, -0.15) is 12.6 Å². The molecular weight excluding hydrogens is 545 g/mol. The molecule has 0 aromatic heterocycles. The van der Waals surface area contributed by atoms with Crippen molar-refractivity contribution in [3.63, 3.8) is 0 Å². The van der Waals surface area contributed by atoms with Crippen molar-refractivity contribution in [3.8, 4) is 0 Å². The minimum atomic E-state index is 0.319. The van der Waals surface area contributed by atoms with Gasteiger partial charge in [-0.15, -0.1) is 0 Å². The number of rotatable bonds is 13. The van der Waals surface area contributed by atoms with E-state index in [9.17, 15) is 0 Å². The lowest BCUT2D eigenvalue weighted by atomic mass is 9.83. The number of hydrogen-bond donors (Lipinski definition) is 4. The van der Waals surface area contributed by atoms with Crippen molar-refractivity contribution in [3.05, 3.63) is 77.0 Å². The first-order chi connectivity index (χ1) is 20.4. The van der Waals surface area contributed by atoms with Gasteiger partial charge in [0.2, 0.25) is 0 Å². The SMILES string of the molecule is C=C(Cc1c(C(C)C)cc(CCC(CCC)CCC)cc1C(C)C)NN.CC(C)(C)C1CCNN1c1ccccc1.CS. The minimum absolute atomic E-state index is 0.319. The summed E-state index contributed by atoms with van der Waals surface area (Å²) in [5.74, 6) is 7.48. The Kier molecular flexibility index (Phi) is 18.3. The largest absolute Gasteiger partial charge is 0.329 e. The molecule has 1 aliphatic rings. The summed E-state index contributed by atoms with van der Waals surface area (Å²) in [5.41, 5.74) is 14.5. The summed E-state index contributed by atoms with van der Waals surface area (Å²) in [6.45, 7) is 25.8. The highest BCUT2D eigenvalue weighted by Crippen LogP contribution is 2.33. The van der Waals surface area contributed by atoms with Crippen LogP contribution >= 0.6 is 12.6 Å². The molecule has 43 heavy (non-hydrogen) atoms. The fourth-order valence-electron chi connectivity index (χ4n) is 6.29. The monoisotopic (exact) mass is 611 g/mol. The Labute approximate surface area is 272 Å². The summed E-state index contributed by atoms with van der Waals surface area (Å²) in [4.78, 5) is 0. The van der Waals surface area contributed by atoms with Crippen molar-refractivity contribution < 1.29 is 0 Å². The van der Waals surface area contributed by atoms with Crippen molar-refractivity contribution in [2.75, 3.05) is 17.8 Å². The molecule has 0 amide bonds. The zero-order valence-electron chi connectivity index (χ0n) is 29.4. The van der Waals surface area contributed by atoms with Crippen LogP contribution in [0.3, 0.4) is 0 Å². The van der Waals surface area contributed by atoms with Crippen molar-refractivity contribution in [1.29, 1.82) is 0 Å². The lowest BCUT2D eigenvalue weighted by molar-refractivity contribution is 0.317. The maximum atomic E-state index is 5.59. The van der Waals surface area contributed by atoms with E-state index in [1.54, 1.807) is 6.26 Å². The van der Waals surface area contributed by atoms with Gasteiger partial charge in [0, 0.05) is 18.7 Å². The number of nitrogens with one attached hydrogen (secondary N) is 2. The number of allylic oxidation sites excluding steroid dienone is 1. The predicted molar refractivity (Wildman–Crippen MR) is 196 cm³/mol. The van der Waals surface area contributed by atoms with E-state index < -0.39 is 0 Å². The normalized spacial score (nSPS) is 14.9. The van der Waals surface area contributed by atoms with E-state index in [1.807, 2.05) is 0 Å². The van der Waals surface area contributed by atoms with Crippen LogP contribution in [0.5, 0.6) is 0 Å². The van der Waals surface area contributed by atoms with Gasteiger partial charge in [0.05, 0.1) is 11.7 Å². The Bertz CT molecular complexity index is 1010. The van der Waals surface area contributed by atoms with Gasteiger partial charge >= 0.3 is 0 Å². The third-order valence-corrected chi connectivity index (χ3v) is 8.50. The second-order valence-corrected chi connectivity index (χ2v) is 13.8. The van der Waals surface area contributed by atoms with Crippen LogP contribution in [-0.4, -0.2) is 18.8 Å². The molecule has 1 atom stereocenters. The number of hydrogen-bond acceptors (Lipinski definition) is 5. The summed E-state index contributed by atoms with van der Waals surface area (Å²) < 4.78 is 0. The molecular formula is C38H66N4S. The molecule has 0 bridgehead atoms. The molecule has 0 spiro atoms. The van der Waals surface area contributed by atoms with Gasteiger partial charge < -0.3 is 10.4 Å². The van der Waals surface area contributed by atoms with Gasteiger partial charge in [-0.05, 0) is 83.1 Å². The number of aryl methyl sites for hydroxylation is 1. The molecule has 244 valence electrons. The highest BCUT2D eigenvalue weighted by atomic mass is 32.1. The first-order valence-corrected chi connectivity index (χ1v) is 17.6. The molecule has 3 rings (SSSR count). The van der Waals surface area contributed by atoms with Gasteiger partial charge in [0.1, 0.15) is 0 Å². The Morgan fingerprint density at radius 3 is 1.95 bits per heavy atom. The molecule has 1 aliphatic heterocycles. The molecule has 1 heterocycles. The van der Waals surface area contributed by atoms with Crippen LogP contribution in [0, 0.1) is 11.3 Å². The lowest BCUT2D eigenvalue weighted by Gasteiger charge is -2.35. The second-order valence-electron chi connectivity index (χ2n) is 13.8. The molecule has 5 heteroatoms. The Hall–Kier alpha value is -1.95. The van der Waals surface area contributed by atoms with Crippen LogP contribution in [0.15, 0.2) is 54.7 Å². The second kappa shape index (κ2) is 20.2. The third-order valence-electron chi connectivity index (χ3n) is 8.50. The number of para-hydroxylation sites is 1. The molecule has 2 aromatic carbocycles. The van der Waals surface area contributed by atoms with Crippen LogP contribution in [0.2, 0.25) is 0 Å². The number of benzene rings is 2. The average molecular weight is 611 g/mol. The van der Waals surface area contributed by atoms with Gasteiger partial charge in [0.25, 0.3) is 0 Å². The Balaban J connectivity index is 0.000000457. The van der Waals surface area contributed by atoms with Crippen LogP contribution in [0.1, 0.15) is 135 Å². The van der Waals surface area contributed by atoms with Crippen LogP contribution in [0.4, 0.5) is 5.69 Å². The number of hydrazine groups is 2. The van der Waals surface area contributed by atoms with Gasteiger partial charge in [0.15, 0.2) is 0 Å². The minimum Gasteiger partial charge on any atom is -0.329 e. The van der Waals surface area contributed by atoms with E-state index in [0.29, 0.717) is 23.3 Å². The van der Waals surface area contributed by atoms with Crippen molar-refractivity contribution in [1.82, 2.24) is 10.9 Å². The van der Waals surface area contributed by atoms with Crippen LogP contribution in [-0.2, 0) is 12.8 Å². The predicted octanol–water partition coefficient (Wildman–Crippen LogP) is 9.96. The molecule has 0 saturated carbocycles. The number of thiol groups is 1. The molecule has 1 fully saturated rings. The van der Waals surface area contributed by atoms with E-state index in [-0.39, 0.29) is 0 Å². The molecule has 2 aromatic rings. The van der Waals surface area contributed by atoms with Crippen LogP contribution < -0.4 is 21.7 Å². The maximum Gasteiger partial charge on any atom is 0.0523 e. The molecule has 1 saturated heterocycles. The fourth-order valence-corrected chi connectivity index (χ4v) is 6.29. The molecule has 4 nitrogen and oxygen atoms in total. The summed E-state index contributed by atoms with van der Waals surface area (Å²) in [6, 6.07) is 16.1. The van der Waals surface area contributed by atoms with E-state index in [4.69, 9.17) is 5.84 Å². The summed E-state index contributed by atoms with van der Waals surface area (Å²) in [5, 5.41) is 2.32. The molecule has 4 N–H and O–H groups in total. The molecule has 0 radical (unpaired) electrons. The highest BCUT2D eigenvalue weighted by molar-refractivity contribution is 7.79. The van der Waals surface area contributed by atoms with Gasteiger partial charge in [-0.3, -0.25) is 5.84 Å². The van der Waals surface area contributed by atoms with Crippen LogP contribution in [0.25, 0.3) is 0 Å². The first kappa shape index (κ1) is 39.1. The standard InChI is InChI=1S/C24H42N2.C13H20N2.CH4S/c1-8-10-20(11-9-2)12-13-21-15-22(17(3)4)24(14-19(7)26-25)23(16-21)18(5)6;1-13(2,3)12-9-10-14-15(12)11-7-5-4-6-8-11;1-2/h15-18,20,26H,7-14,25H2,1-6H3;4-8,12,14H,9-10H2,1-3H3;2H,1H3. The number of nitrogens with two attached hydrogens (primary N) is 1. The molecule has 1 unspecified atom stereocenters. The van der Waals surface area contributed by atoms with Gasteiger partial charge in [-0.1, -0.05) is 125 Å². The quantitative estimate of drug-likeness (QED) is 0.104. The summed E-state index contributed by atoms with van der Waals surface area (Å²) in [6.07, 6.45) is 11.6. The van der Waals surface area contributed by atoms with Crippen molar-refractivity contribution in [2.24, 2.45) is 17.2 Å². The Morgan fingerprint density at radius 2 is 1.51 bits per heavy atom. The summed E-state index contributed by atoms with van der Waals surface area (Å²) in [7, 11) is 0. The van der Waals surface area contributed by atoms with E-state index in [1.165, 1.54) is 72.9 Å². The zero-order valence-corrected chi connectivity index (χ0v) is 30.3. The third kappa shape index (κ3) is 12.9. The van der Waals surface area contributed by atoms with E-state index in [2.05, 4.69) is 140 Å².